The Morgan fingerprint density at radius 2 is 1.52 bits per heavy atom. The fraction of sp³-hybridized carbons (Fsp3) is 0.312. The van der Waals surface area contributed by atoms with Crippen LogP contribution in [0.25, 0.3) is 0 Å². The van der Waals surface area contributed by atoms with Gasteiger partial charge < -0.3 is 20.7 Å². The SMILES string of the molecule is CC(C)[C@H](NC(=O)Cc1ccccc1NC(=O)CC(Oc1cccc(Cl)c1)c1ccc(Cl)c(Cl)c1)C(=O)C(F)(F)C(=O)NCC(F)(F)F. The van der Waals surface area contributed by atoms with E-state index in [1.165, 1.54) is 26.0 Å². The molecule has 0 fully saturated rings. The first-order chi connectivity index (χ1) is 22.4. The van der Waals surface area contributed by atoms with Crippen LogP contribution in [0.3, 0.4) is 0 Å². The van der Waals surface area contributed by atoms with Gasteiger partial charge in [-0.2, -0.15) is 22.0 Å². The van der Waals surface area contributed by atoms with Gasteiger partial charge in [0.2, 0.25) is 17.6 Å². The van der Waals surface area contributed by atoms with Crippen molar-refractivity contribution in [3.05, 3.63) is 92.9 Å². The van der Waals surface area contributed by atoms with Crippen molar-refractivity contribution < 1.29 is 45.9 Å². The topological polar surface area (TPSA) is 114 Å². The summed E-state index contributed by atoms with van der Waals surface area (Å²) in [4.78, 5) is 50.6. The minimum absolute atomic E-state index is 0.178. The third-order valence-electron chi connectivity index (χ3n) is 6.71. The first-order valence-corrected chi connectivity index (χ1v) is 15.3. The molecular formula is C32H29Cl3F5N3O5. The van der Waals surface area contributed by atoms with E-state index in [4.69, 9.17) is 39.5 Å². The predicted octanol–water partition coefficient (Wildman–Crippen LogP) is 7.36. The quantitative estimate of drug-likeness (QED) is 0.118. The monoisotopic (exact) mass is 735 g/mol. The fourth-order valence-electron chi connectivity index (χ4n) is 4.34. The van der Waals surface area contributed by atoms with Gasteiger partial charge in [0.15, 0.2) is 0 Å². The van der Waals surface area contributed by atoms with E-state index >= 15 is 0 Å². The number of hydrogen-bond acceptors (Lipinski definition) is 5. The van der Waals surface area contributed by atoms with Crippen LogP contribution in [0.1, 0.15) is 37.5 Å². The lowest BCUT2D eigenvalue weighted by atomic mass is 9.95. The summed E-state index contributed by atoms with van der Waals surface area (Å²) in [6.45, 7) is 0.532. The van der Waals surface area contributed by atoms with E-state index in [9.17, 15) is 41.1 Å². The van der Waals surface area contributed by atoms with Crippen molar-refractivity contribution in [3.8, 4) is 5.75 Å². The van der Waals surface area contributed by atoms with Crippen LogP contribution in [0, 0.1) is 5.92 Å². The molecule has 0 heterocycles. The lowest BCUT2D eigenvalue weighted by Gasteiger charge is -2.25. The van der Waals surface area contributed by atoms with Crippen LogP contribution in [-0.2, 0) is 25.6 Å². The molecule has 3 aromatic carbocycles. The highest BCUT2D eigenvalue weighted by Crippen LogP contribution is 2.32. The molecule has 0 aliphatic rings. The van der Waals surface area contributed by atoms with Gasteiger partial charge in [-0.3, -0.25) is 19.2 Å². The molecule has 0 bridgehead atoms. The Bertz CT molecular complexity index is 1660. The number of amides is 3. The van der Waals surface area contributed by atoms with E-state index in [0.29, 0.717) is 16.3 Å². The number of nitrogens with one attached hydrogen (secondary N) is 3. The van der Waals surface area contributed by atoms with Crippen molar-refractivity contribution in [2.24, 2.45) is 5.92 Å². The van der Waals surface area contributed by atoms with Gasteiger partial charge in [0.25, 0.3) is 5.91 Å². The lowest BCUT2D eigenvalue weighted by molar-refractivity contribution is -0.165. The number of ether oxygens (including phenoxy) is 1. The largest absolute Gasteiger partial charge is 0.485 e. The molecule has 1 unspecified atom stereocenters. The number of carbonyl (C=O) groups excluding carboxylic acids is 4. The molecule has 48 heavy (non-hydrogen) atoms. The van der Waals surface area contributed by atoms with E-state index in [2.05, 4.69) is 10.6 Å². The number of Topliss-reactive ketones (excluding diaryl/α,β-unsaturated/α-hetero) is 1. The van der Waals surface area contributed by atoms with E-state index < -0.39 is 66.6 Å². The van der Waals surface area contributed by atoms with Gasteiger partial charge in [0.1, 0.15) is 18.4 Å². The smallest absolute Gasteiger partial charge is 0.405 e. The van der Waals surface area contributed by atoms with Gasteiger partial charge in [0, 0.05) is 10.7 Å². The lowest BCUT2D eigenvalue weighted by Crippen LogP contribution is -2.57. The molecule has 3 amide bonds. The Balaban J connectivity index is 1.75. The Hall–Kier alpha value is -3.94. The zero-order chi connectivity index (χ0) is 35.8. The first kappa shape index (κ1) is 38.5. The Kier molecular flexibility index (Phi) is 13.2. The summed E-state index contributed by atoms with van der Waals surface area (Å²) in [6.07, 6.45) is -6.62. The molecule has 0 spiro atoms. The second kappa shape index (κ2) is 16.4. The Morgan fingerprint density at radius 1 is 0.833 bits per heavy atom. The van der Waals surface area contributed by atoms with Crippen molar-refractivity contribution in [1.82, 2.24) is 10.6 Å². The van der Waals surface area contributed by atoms with Crippen molar-refractivity contribution >= 4 is 64.0 Å². The minimum Gasteiger partial charge on any atom is -0.485 e. The highest BCUT2D eigenvalue weighted by atomic mass is 35.5. The number of ketones is 1. The molecule has 2 atom stereocenters. The number of carbonyl (C=O) groups is 4. The van der Waals surface area contributed by atoms with Gasteiger partial charge in [-0.1, -0.05) is 79.0 Å². The summed E-state index contributed by atoms with van der Waals surface area (Å²) in [6, 6.07) is 15.3. The maximum atomic E-state index is 14.5. The maximum absolute atomic E-state index is 14.5. The van der Waals surface area contributed by atoms with Crippen molar-refractivity contribution in [1.29, 1.82) is 0 Å². The van der Waals surface area contributed by atoms with Crippen LogP contribution >= 0.6 is 34.8 Å². The summed E-state index contributed by atoms with van der Waals surface area (Å²) in [5.41, 5.74) is 0.924. The number of para-hydroxylation sites is 1. The summed E-state index contributed by atoms with van der Waals surface area (Å²) in [5.74, 6) is -11.5. The Morgan fingerprint density at radius 3 is 2.15 bits per heavy atom. The molecule has 3 aromatic rings. The Labute approximate surface area is 287 Å². The summed E-state index contributed by atoms with van der Waals surface area (Å²) < 4.78 is 72.4. The van der Waals surface area contributed by atoms with Crippen molar-refractivity contribution in [2.75, 3.05) is 11.9 Å². The molecule has 0 radical (unpaired) electrons. The summed E-state index contributed by atoms with van der Waals surface area (Å²) in [7, 11) is 0. The second-order valence-electron chi connectivity index (χ2n) is 10.8. The van der Waals surface area contributed by atoms with Gasteiger partial charge in [0.05, 0.1) is 28.9 Å². The zero-order valence-electron chi connectivity index (χ0n) is 25.3. The number of rotatable bonds is 14. The molecule has 0 saturated carbocycles. The highest BCUT2D eigenvalue weighted by Gasteiger charge is 2.51. The highest BCUT2D eigenvalue weighted by molar-refractivity contribution is 6.42. The van der Waals surface area contributed by atoms with E-state index in [-0.39, 0.29) is 27.7 Å². The molecule has 0 saturated heterocycles. The number of hydrogen-bond donors (Lipinski definition) is 3. The van der Waals surface area contributed by atoms with E-state index in [1.54, 1.807) is 54.6 Å². The number of benzene rings is 3. The average molecular weight is 737 g/mol. The van der Waals surface area contributed by atoms with Crippen molar-refractivity contribution in [3.63, 3.8) is 0 Å². The average Bonchev–Trinajstić information content (AvgIpc) is 2.99. The van der Waals surface area contributed by atoms with E-state index in [0.717, 1.165) is 5.32 Å². The number of anilines is 1. The normalized spacial score (nSPS) is 13.0. The van der Waals surface area contributed by atoms with Crippen LogP contribution < -0.4 is 20.7 Å². The van der Waals surface area contributed by atoms with Crippen molar-refractivity contribution in [2.45, 2.75) is 50.9 Å². The van der Waals surface area contributed by atoms with Gasteiger partial charge in [-0.25, -0.2) is 0 Å². The van der Waals surface area contributed by atoms with Crippen LogP contribution in [0.2, 0.25) is 15.1 Å². The first-order valence-electron chi connectivity index (χ1n) is 14.2. The molecule has 3 rings (SSSR count). The third kappa shape index (κ3) is 11.1. The summed E-state index contributed by atoms with van der Waals surface area (Å²) in [5, 5.41) is 6.72. The molecule has 0 aliphatic carbocycles. The van der Waals surface area contributed by atoms with Gasteiger partial charge in [-0.15, -0.1) is 0 Å². The number of alkyl halides is 5. The number of halogens is 8. The zero-order valence-corrected chi connectivity index (χ0v) is 27.5. The van der Waals surface area contributed by atoms with Crippen LogP contribution in [0.5, 0.6) is 5.75 Å². The molecular weight excluding hydrogens is 708 g/mol. The van der Waals surface area contributed by atoms with Crippen LogP contribution in [-0.4, -0.2) is 48.2 Å². The van der Waals surface area contributed by atoms with E-state index in [1.807, 2.05) is 0 Å². The molecule has 8 nitrogen and oxygen atoms in total. The predicted molar refractivity (Wildman–Crippen MR) is 170 cm³/mol. The van der Waals surface area contributed by atoms with Crippen LogP contribution in [0.15, 0.2) is 66.7 Å². The molecule has 3 N–H and O–H groups in total. The molecule has 0 aliphatic heterocycles. The summed E-state index contributed by atoms with van der Waals surface area (Å²) >= 11 is 18.3. The standard InChI is InChI=1S/C32H29Cl3F5N3O5/c1-17(2)28(29(46)32(39,40)30(47)41-16-31(36,37)38)43-26(44)13-18-6-3-4-9-24(18)42-27(45)15-25(19-10-11-22(34)23(35)12-19)48-21-8-5-7-20(33)14-21/h3-12,14,17,25,28H,13,15-16H2,1-2H3,(H,41,47)(H,42,45)(H,43,44)/t25?,28-/m0/s1. The third-order valence-corrected chi connectivity index (χ3v) is 7.69. The fourth-order valence-corrected chi connectivity index (χ4v) is 4.83. The second-order valence-corrected chi connectivity index (χ2v) is 12.1. The van der Waals surface area contributed by atoms with Gasteiger partial charge >= 0.3 is 12.1 Å². The minimum atomic E-state index is -4.99. The molecule has 0 aromatic heterocycles. The molecule has 258 valence electrons. The van der Waals surface area contributed by atoms with Crippen LogP contribution in [0.4, 0.5) is 27.6 Å². The maximum Gasteiger partial charge on any atom is 0.405 e. The molecule has 16 heteroatoms. The van der Waals surface area contributed by atoms with Gasteiger partial charge in [-0.05, 0) is 53.4 Å².